The Morgan fingerprint density at radius 2 is 1.90 bits per heavy atom. The molecule has 1 heterocycles. The first-order valence-corrected chi connectivity index (χ1v) is 11.8. The number of para-hydroxylation sites is 1. The molecular formula is C21H24N2O4S2. The van der Waals surface area contributed by atoms with Gasteiger partial charge in [0.05, 0.1) is 21.5 Å². The highest BCUT2D eigenvalue weighted by Crippen LogP contribution is 2.27. The van der Waals surface area contributed by atoms with Crippen LogP contribution in [-0.2, 0) is 16.4 Å². The number of hydrogen-bond acceptors (Lipinski definition) is 5. The molecule has 0 unspecified atom stereocenters. The SMILES string of the molecule is CCOc1cccc2sc(=NC(=O)c3cccc(S(=O)(=O)C(C)C)c3)n(CC)c12. The Morgan fingerprint density at radius 1 is 1.17 bits per heavy atom. The molecule has 29 heavy (non-hydrogen) atoms. The summed E-state index contributed by atoms with van der Waals surface area (Å²) in [7, 11) is -3.46. The molecule has 0 fully saturated rings. The molecule has 0 spiro atoms. The first-order chi connectivity index (χ1) is 13.8. The van der Waals surface area contributed by atoms with Gasteiger partial charge in [-0.2, -0.15) is 4.99 Å². The third-order valence-corrected chi connectivity index (χ3v) is 7.70. The predicted octanol–water partition coefficient (Wildman–Crippen LogP) is 4.04. The van der Waals surface area contributed by atoms with Gasteiger partial charge in [-0.15, -0.1) is 0 Å². The van der Waals surface area contributed by atoms with Gasteiger partial charge in [0.15, 0.2) is 14.6 Å². The Bertz CT molecular complexity index is 1220. The Morgan fingerprint density at radius 3 is 2.55 bits per heavy atom. The fourth-order valence-corrected chi connectivity index (χ4v) is 5.19. The molecule has 2 aromatic carbocycles. The van der Waals surface area contributed by atoms with Crippen molar-refractivity contribution in [2.45, 2.75) is 44.4 Å². The summed E-state index contributed by atoms with van der Waals surface area (Å²) >= 11 is 1.40. The van der Waals surface area contributed by atoms with Gasteiger partial charge in [-0.3, -0.25) is 4.79 Å². The lowest BCUT2D eigenvalue weighted by Crippen LogP contribution is -2.17. The summed E-state index contributed by atoms with van der Waals surface area (Å²) in [6.07, 6.45) is 0. The summed E-state index contributed by atoms with van der Waals surface area (Å²) in [5, 5.41) is -0.563. The number of rotatable bonds is 6. The van der Waals surface area contributed by atoms with Crippen molar-refractivity contribution in [1.29, 1.82) is 0 Å². The molecule has 154 valence electrons. The Labute approximate surface area is 174 Å². The van der Waals surface area contributed by atoms with E-state index < -0.39 is 21.0 Å². The molecular weight excluding hydrogens is 408 g/mol. The summed E-state index contributed by atoms with van der Waals surface area (Å²) in [5.41, 5.74) is 1.15. The molecule has 0 atom stereocenters. The molecule has 1 aromatic heterocycles. The van der Waals surface area contributed by atoms with Gasteiger partial charge < -0.3 is 9.30 Å². The Kier molecular flexibility index (Phi) is 6.24. The maximum Gasteiger partial charge on any atom is 0.279 e. The molecule has 0 saturated heterocycles. The van der Waals surface area contributed by atoms with E-state index in [0.29, 0.717) is 18.0 Å². The van der Waals surface area contributed by atoms with Gasteiger partial charge in [0.2, 0.25) is 0 Å². The number of aryl methyl sites for hydroxylation is 1. The molecule has 0 aliphatic heterocycles. The highest BCUT2D eigenvalue weighted by atomic mass is 32.2. The first-order valence-electron chi connectivity index (χ1n) is 9.47. The highest BCUT2D eigenvalue weighted by Gasteiger charge is 2.20. The van der Waals surface area contributed by atoms with Gasteiger partial charge in [-0.1, -0.05) is 23.5 Å². The summed E-state index contributed by atoms with van der Waals surface area (Å²) in [5.74, 6) is 0.277. The second-order valence-corrected chi connectivity index (χ2v) is 10.2. The number of hydrogen-bond donors (Lipinski definition) is 0. The van der Waals surface area contributed by atoms with Gasteiger partial charge in [0, 0.05) is 12.1 Å². The van der Waals surface area contributed by atoms with E-state index in [-0.39, 0.29) is 10.5 Å². The van der Waals surface area contributed by atoms with Gasteiger partial charge in [0.1, 0.15) is 11.3 Å². The number of ether oxygens (including phenoxy) is 1. The van der Waals surface area contributed by atoms with Crippen LogP contribution in [0.5, 0.6) is 5.75 Å². The lowest BCUT2D eigenvalue weighted by atomic mass is 10.2. The largest absolute Gasteiger partial charge is 0.492 e. The Balaban J connectivity index is 2.11. The zero-order valence-electron chi connectivity index (χ0n) is 16.9. The lowest BCUT2D eigenvalue weighted by molar-refractivity contribution is 0.0997. The third-order valence-electron chi connectivity index (χ3n) is 4.51. The van der Waals surface area contributed by atoms with E-state index in [1.54, 1.807) is 26.0 Å². The fourth-order valence-electron chi connectivity index (χ4n) is 2.98. The number of benzene rings is 2. The molecule has 6 nitrogen and oxygen atoms in total. The molecule has 0 aliphatic carbocycles. The van der Waals surface area contributed by atoms with Gasteiger partial charge in [0.25, 0.3) is 5.91 Å². The van der Waals surface area contributed by atoms with Crippen LogP contribution in [0.25, 0.3) is 10.2 Å². The van der Waals surface area contributed by atoms with Crippen molar-refractivity contribution in [1.82, 2.24) is 4.57 Å². The third kappa shape index (κ3) is 4.13. The monoisotopic (exact) mass is 432 g/mol. The minimum absolute atomic E-state index is 0.131. The van der Waals surface area contributed by atoms with Crippen molar-refractivity contribution in [3.8, 4) is 5.75 Å². The molecule has 3 aromatic rings. The zero-order chi connectivity index (χ0) is 21.2. The Hall–Kier alpha value is -2.45. The number of amides is 1. The van der Waals surface area contributed by atoms with Crippen LogP contribution in [0.4, 0.5) is 0 Å². The number of aromatic nitrogens is 1. The van der Waals surface area contributed by atoms with Crippen molar-refractivity contribution in [3.05, 3.63) is 52.8 Å². The second-order valence-electron chi connectivity index (χ2n) is 6.70. The van der Waals surface area contributed by atoms with Crippen LogP contribution in [0, 0.1) is 0 Å². The van der Waals surface area contributed by atoms with Crippen molar-refractivity contribution in [2.75, 3.05) is 6.61 Å². The average Bonchev–Trinajstić information content (AvgIpc) is 3.06. The van der Waals surface area contributed by atoms with E-state index in [9.17, 15) is 13.2 Å². The van der Waals surface area contributed by atoms with E-state index in [1.807, 2.05) is 36.6 Å². The van der Waals surface area contributed by atoms with Crippen LogP contribution in [-0.4, -0.2) is 30.7 Å². The quantitative estimate of drug-likeness (QED) is 0.589. The smallest absolute Gasteiger partial charge is 0.279 e. The fraction of sp³-hybridized carbons (Fsp3) is 0.333. The molecule has 3 rings (SSSR count). The van der Waals surface area contributed by atoms with Crippen LogP contribution in [0.1, 0.15) is 38.1 Å². The molecule has 0 N–H and O–H groups in total. The standard InChI is InChI=1S/C21H24N2O4S2/c1-5-23-19-17(27-6-2)11-8-12-18(19)28-21(23)22-20(24)15-9-7-10-16(13-15)29(25,26)14(3)4/h7-14H,5-6H2,1-4H3. The average molecular weight is 433 g/mol. The lowest BCUT2D eigenvalue weighted by Gasteiger charge is -2.08. The van der Waals surface area contributed by atoms with E-state index in [4.69, 9.17) is 4.74 Å². The van der Waals surface area contributed by atoms with Crippen molar-refractivity contribution < 1.29 is 17.9 Å². The number of thiazole rings is 1. The van der Waals surface area contributed by atoms with Crippen LogP contribution in [0.3, 0.4) is 0 Å². The van der Waals surface area contributed by atoms with Crippen LogP contribution < -0.4 is 9.54 Å². The van der Waals surface area contributed by atoms with Crippen LogP contribution in [0.2, 0.25) is 0 Å². The van der Waals surface area contributed by atoms with E-state index >= 15 is 0 Å². The van der Waals surface area contributed by atoms with Gasteiger partial charge in [-0.25, -0.2) is 8.42 Å². The molecule has 0 bridgehead atoms. The van der Waals surface area contributed by atoms with Crippen LogP contribution in [0.15, 0.2) is 52.4 Å². The summed E-state index contributed by atoms with van der Waals surface area (Å²) in [4.78, 5) is 17.8. The van der Waals surface area contributed by atoms with Gasteiger partial charge >= 0.3 is 0 Å². The van der Waals surface area contributed by atoms with Crippen molar-refractivity contribution in [2.24, 2.45) is 4.99 Å². The number of nitrogens with zero attached hydrogens (tertiary/aromatic N) is 2. The number of carbonyl (C=O) groups excluding carboxylic acids is 1. The topological polar surface area (TPSA) is 77.7 Å². The van der Waals surface area contributed by atoms with Crippen LogP contribution >= 0.6 is 11.3 Å². The summed E-state index contributed by atoms with van der Waals surface area (Å²) in [6.45, 7) is 8.30. The van der Waals surface area contributed by atoms with E-state index in [0.717, 1.165) is 16.0 Å². The van der Waals surface area contributed by atoms with E-state index in [2.05, 4.69) is 4.99 Å². The van der Waals surface area contributed by atoms with Crippen molar-refractivity contribution in [3.63, 3.8) is 0 Å². The molecule has 0 saturated carbocycles. The van der Waals surface area contributed by atoms with E-state index in [1.165, 1.54) is 23.5 Å². The number of carbonyl (C=O) groups is 1. The zero-order valence-corrected chi connectivity index (χ0v) is 18.5. The minimum atomic E-state index is -3.46. The molecule has 0 radical (unpaired) electrons. The van der Waals surface area contributed by atoms with Crippen molar-refractivity contribution >= 4 is 37.3 Å². The maximum absolute atomic E-state index is 12.8. The second kappa shape index (κ2) is 8.51. The minimum Gasteiger partial charge on any atom is -0.492 e. The maximum atomic E-state index is 12.8. The predicted molar refractivity (Wildman–Crippen MR) is 115 cm³/mol. The highest BCUT2D eigenvalue weighted by molar-refractivity contribution is 7.92. The number of fused-ring (bicyclic) bond motifs is 1. The summed E-state index contributed by atoms with van der Waals surface area (Å²) in [6, 6.07) is 11.8. The number of sulfone groups is 1. The first kappa shape index (κ1) is 21.3. The normalized spacial score (nSPS) is 12.7. The summed E-state index contributed by atoms with van der Waals surface area (Å²) < 4.78 is 33.5. The van der Waals surface area contributed by atoms with Gasteiger partial charge in [-0.05, 0) is 58.0 Å². The molecule has 0 aliphatic rings. The molecule has 1 amide bonds. The molecule has 8 heteroatoms.